The first-order valence-corrected chi connectivity index (χ1v) is 8.98. The third kappa shape index (κ3) is 5.50. The lowest BCUT2D eigenvalue weighted by Crippen LogP contribution is -2.18. The molecule has 0 radical (unpaired) electrons. The predicted molar refractivity (Wildman–Crippen MR) is 87.9 cm³/mol. The Morgan fingerprint density at radius 2 is 1.91 bits per heavy atom. The molecule has 128 valence electrons. The Hall–Kier alpha value is -1.62. The highest BCUT2D eigenvalue weighted by Gasteiger charge is 2.35. The van der Waals surface area contributed by atoms with Crippen molar-refractivity contribution in [1.82, 2.24) is 0 Å². The van der Waals surface area contributed by atoms with Crippen molar-refractivity contribution in [3.8, 4) is 5.75 Å². The van der Waals surface area contributed by atoms with E-state index in [4.69, 9.17) is 13.8 Å². The highest BCUT2D eigenvalue weighted by atomic mass is 31.2. The minimum Gasteiger partial charge on any atom is -0.474 e. The average molecular weight is 342 g/mol. The van der Waals surface area contributed by atoms with Gasteiger partial charge >= 0.3 is 13.6 Å². The molecule has 0 amide bonds. The molecule has 0 fully saturated rings. The first kappa shape index (κ1) is 19.4. The van der Waals surface area contributed by atoms with Gasteiger partial charge in [-0.05, 0) is 45.0 Å². The second-order valence-electron chi connectivity index (χ2n) is 4.43. The molecule has 0 saturated carbocycles. The molecular weight excluding hydrogens is 319 g/mol. The van der Waals surface area contributed by atoms with Crippen molar-refractivity contribution in [2.45, 2.75) is 26.6 Å². The molecule has 6 nitrogen and oxygen atoms in total. The van der Waals surface area contributed by atoms with Crippen LogP contribution in [0.4, 0.5) is 0 Å². The van der Waals surface area contributed by atoms with Gasteiger partial charge < -0.3 is 18.5 Å². The minimum atomic E-state index is -3.48. The van der Waals surface area contributed by atoms with Gasteiger partial charge in [0.25, 0.3) is 0 Å². The van der Waals surface area contributed by atoms with Crippen LogP contribution in [-0.4, -0.2) is 32.1 Å². The molecule has 7 heteroatoms. The molecule has 0 saturated heterocycles. The first-order chi connectivity index (χ1) is 11.0. The maximum Gasteiger partial charge on any atom is 0.374 e. The Labute approximate surface area is 136 Å². The smallest absolute Gasteiger partial charge is 0.374 e. The van der Waals surface area contributed by atoms with Gasteiger partial charge in [-0.2, -0.15) is 0 Å². The number of carbonyl (C=O) groups excluding carboxylic acids is 1. The molecule has 0 aliphatic carbocycles. The van der Waals surface area contributed by atoms with Crippen molar-refractivity contribution < 1.29 is 27.9 Å². The highest BCUT2D eigenvalue weighted by molar-refractivity contribution is 7.54. The predicted octanol–water partition coefficient (Wildman–Crippen LogP) is 4.02. The fourth-order valence-corrected chi connectivity index (χ4v) is 3.59. The van der Waals surface area contributed by atoms with Gasteiger partial charge in [0.15, 0.2) is 0 Å². The molecule has 0 heterocycles. The second kappa shape index (κ2) is 9.50. The van der Waals surface area contributed by atoms with E-state index in [2.05, 4.69) is 4.74 Å². The Balaban J connectivity index is 3.08. The van der Waals surface area contributed by atoms with E-state index in [1.165, 1.54) is 13.2 Å². The van der Waals surface area contributed by atoms with Crippen LogP contribution in [0.5, 0.6) is 5.75 Å². The zero-order chi connectivity index (χ0) is 17.3. The number of ether oxygens (including phenoxy) is 2. The van der Waals surface area contributed by atoms with Crippen molar-refractivity contribution in [3.05, 3.63) is 42.0 Å². The van der Waals surface area contributed by atoms with Crippen LogP contribution in [0.3, 0.4) is 0 Å². The third-order valence-corrected chi connectivity index (χ3v) is 4.94. The number of rotatable bonds is 9. The molecule has 0 bridgehead atoms. The Bertz CT molecular complexity index is 574. The summed E-state index contributed by atoms with van der Waals surface area (Å²) in [6, 6.07) is 6.43. The van der Waals surface area contributed by atoms with Gasteiger partial charge in [-0.1, -0.05) is 12.1 Å². The van der Waals surface area contributed by atoms with Crippen LogP contribution in [0.15, 0.2) is 36.4 Å². The van der Waals surface area contributed by atoms with E-state index < -0.39 is 19.4 Å². The number of hydrogen-bond donors (Lipinski definition) is 0. The molecule has 0 aromatic heterocycles. The minimum absolute atomic E-state index is 0.233. The number of carbonyl (C=O) groups is 1. The van der Waals surface area contributed by atoms with Gasteiger partial charge in [0.1, 0.15) is 5.75 Å². The fourth-order valence-electron chi connectivity index (χ4n) is 1.87. The molecule has 0 N–H and O–H groups in total. The summed E-state index contributed by atoms with van der Waals surface area (Å²) in [6.07, 6.45) is 3.32. The van der Waals surface area contributed by atoms with Crippen LogP contribution in [0.25, 0.3) is 0 Å². The average Bonchev–Trinajstić information content (AvgIpc) is 2.54. The lowest BCUT2D eigenvalue weighted by Gasteiger charge is -2.24. The summed E-state index contributed by atoms with van der Waals surface area (Å²) in [6.45, 7) is 5.71. The van der Waals surface area contributed by atoms with E-state index in [0.29, 0.717) is 11.3 Å². The number of benzene rings is 1. The normalized spacial score (nSPS) is 13.0. The summed E-state index contributed by atoms with van der Waals surface area (Å²) < 4.78 is 33.9. The zero-order valence-electron chi connectivity index (χ0n) is 13.9. The van der Waals surface area contributed by atoms with E-state index in [-0.39, 0.29) is 13.2 Å². The number of allylic oxidation sites excluding steroid dienone is 1. The zero-order valence-corrected chi connectivity index (χ0v) is 14.7. The quantitative estimate of drug-likeness (QED) is 0.383. The van der Waals surface area contributed by atoms with Gasteiger partial charge in [-0.3, -0.25) is 4.57 Å². The Morgan fingerprint density at radius 1 is 1.26 bits per heavy atom. The topological polar surface area (TPSA) is 71.1 Å². The number of methoxy groups -OCH3 is 1. The summed E-state index contributed by atoms with van der Waals surface area (Å²) in [7, 11) is -2.18. The van der Waals surface area contributed by atoms with Gasteiger partial charge in [0.2, 0.25) is 5.85 Å². The molecule has 0 spiro atoms. The van der Waals surface area contributed by atoms with Crippen LogP contribution in [-0.2, 0) is 18.3 Å². The Morgan fingerprint density at radius 3 is 2.43 bits per heavy atom. The molecule has 0 aliphatic heterocycles. The van der Waals surface area contributed by atoms with E-state index in [1.807, 2.05) is 0 Å². The van der Waals surface area contributed by atoms with Crippen LogP contribution >= 0.6 is 7.60 Å². The first-order valence-electron chi connectivity index (χ1n) is 7.37. The molecule has 23 heavy (non-hydrogen) atoms. The standard InChI is InChI=1S/C16H23O6P/c1-5-9-15(23(18,20-6-2)21-7-3)22-14-11-8-10-13(12-14)16(17)19-4/h5,8-12,15H,6-7H2,1-4H3. The summed E-state index contributed by atoms with van der Waals surface area (Å²) in [5.74, 6) is -1.01. The van der Waals surface area contributed by atoms with E-state index in [0.717, 1.165) is 0 Å². The van der Waals surface area contributed by atoms with E-state index in [9.17, 15) is 9.36 Å². The second-order valence-corrected chi connectivity index (χ2v) is 6.53. The van der Waals surface area contributed by atoms with Gasteiger partial charge in [-0.25, -0.2) is 4.79 Å². The monoisotopic (exact) mass is 342 g/mol. The van der Waals surface area contributed by atoms with Gasteiger partial charge in [0.05, 0.1) is 25.9 Å². The molecule has 1 aromatic carbocycles. The van der Waals surface area contributed by atoms with Gasteiger partial charge in [0, 0.05) is 0 Å². The molecule has 1 atom stereocenters. The summed E-state index contributed by atoms with van der Waals surface area (Å²) in [4.78, 5) is 11.6. The lowest BCUT2D eigenvalue weighted by molar-refractivity contribution is 0.0600. The van der Waals surface area contributed by atoms with Crippen molar-refractivity contribution >= 4 is 13.6 Å². The number of hydrogen-bond acceptors (Lipinski definition) is 6. The van der Waals surface area contributed by atoms with Crippen LogP contribution in [0, 0.1) is 0 Å². The Kier molecular flexibility index (Phi) is 8.03. The lowest BCUT2D eigenvalue weighted by atomic mass is 10.2. The largest absolute Gasteiger partial charge is 0.474 e. The van der Waals surface area contributed by atoms with E-state index >= 15 is 0 Å². The van der Waals surface area contributed by atoms with Crippen molar-refractivity contribution in [2.24, 2.45) is 0 Å². The van der Waals surface area contributed by atoms with Crippen LogP contribution in [0.1, 0.15) is 31.1 Å². The van der Waals surface area contributed by atoms with Crippen LogP contribution in [0.2, 0.25) is 0 Å². The highest BCUT2D eigenvalue weighted by Crippen LogP contribution is 2.54. The maximum atomic E-state index is 12.9. The summed E-state index contributed by atoms with van der Waals surface area (Å²) in [5.41, 5.74) is 0.340. The van der Waals surface area contributed by atoms with E-state index in [1.54, 1.807) is 51.1 Å². The fraction of sp³-hybridized carbons (Fsp3) is 0.438. The van der Waals surface area contributed by atoms with Crippen molar-refractivity contribution in [2.75, 3.05) is 20.3 Å². The molecular formula is C16H23O6P. The summed E-state index contributed by atoms with van der Waals surface area (Å²) >= 11 is 0. The van der Waals surface area contributed by atoms with Crippen molar-refractivity contribution in [1.29, 1.82) is 0 Å². The molecule has 1 aromatic rings. The molecule has 0 aliphatic rings. The summed E-state index contributed by atoms with van der Waals surface area (Å²) in [5, 5.41) is 0. The van der Waals surface area contributed by atoms with Gasteiger partial charge in [-0.15, -0.1) is 0 Å². The SMILES string of the molecule is CC=CC(Oc1cccc(C(=O)OC)c1)P(=O)(OCC)OCC. The van der Waals surface area contributed by atoms with Crippen LogP contribution < -0.4 is 4.74 Å². The van der Waals surface area contributed by atoms with Crippen molar-refractivity contribution in [3.63, 3.8) is 0 Å². The molecule has 1 unspecified atom stereocenters. The number of esters is 1. The maximum absolute atomic E-state index is 12.9. The molecule has 1 rings (SSSR count). The third-order valence-electron chi connectivity index (χ3n) is 2.80.